The number of alkyl halides is 3. The van der Waals surface area contributed by atoms with E-state index in [1.807, 2.05) is 6.92 Å². The van der Waals surface area contributed by atoms with Gasteiger partial charge >= 0.3 is 12.2 Å². The number of fused-ring (bicyclic) bond motifs is 1. The summed E-state index contributed by atoms with van der Waals surface area (Å²) in [6, 6.07) is -0.739. The number of carbonyl (C=O) groups excluding carboxylic acids is 2. The van der Waals surface area contributed by atoms with Crippen LogP contribution in [0.1, 0.15) is 39.0 Å². The van der Waals surface area contributed by atoms with Crippen LogP contribution < -0.4 is 0 Å². The average Bonchev–Trinajstić information content (AvgIpc) is 3.08. The summed E-state index contributed by atoms with van der Waals surface area (Å²) < 4.78 is 37.6. The van der Waals surface area contributed by atoms with Crippen molar-refractivity contribution in [2.45, 2.75) is 56.8 Å². The number of carbonyl (C=O) groups is 2. The monoisotopic (exact) mass is 333 g/mol. The molecule has 5 nitrogen and oxygen atoms in total. The van der Waals surface area contributed by atoms with Crippen molar-refractivity contribution in [3.8, 4) is 0 Å². The highest BCUT2D eigenvalue weighted by Gasteiger charge is 2.60. The molecule has 0 saturated carbocycles. The Morgan fingerprint density at radius 1 is 1.26 bits per heavy atom. The van der Waals surface area contributed by atoms with E-state index in [1.54, 1.807) is 4.90 Å². The topological polar surface area (TPSA) is 43.9 Å². The summed E-state index contributed by atoms with van der Waals surface area (Å²) in [4.78, 5) is 29.7. The van der Waals surface area contributed by atoms with E-state index >= 15 is 0 Å². The van der Waals surface area contributed by atoms with E-state index in [0.29, 0.717) is 25.8 Å². The highest BCUT2D eigenvalue weighted by Crippen LogP contribution is 2.42. The van der Waals surface area contributed by atoms with Crippen LogP contribution in [0, 0.1) is 0 Å². The van der Waals surface area contributed by atoms with Gasteiger partial charge in [0.2, 0.25) is 0 Å². The Morgan fingerprint density at radius 3 is 2.65 bits per heavy atom. The van der Waals surface area contributed by atoms with Crippen LogP contribution >= 0.6 is 0 Å². The van der Waals surface area contributed by atoms with Crippen molar-refractivity contribution in [1.29, 1.82) is 0 Å². The maximum absolute atomic E-state index is 12.9. The Morgan fingerprint density at radius 2 is 2.00 bits per heavy atom. The van der Waals surface area contributed by atoms with Crippen molar-refractivity contribution >= 4 is 11.9 Å². The number of hydrogen-bond acceptors (Lipinski definition) is 3. The summed E-state index contributed by atoms with van der Waals surface area (Å²) in [6.07, 6.45) is -0.917. The predicted octanol–water partition coefficient (Wildman–Crippen LogP) is 2.22. The highest BCUT2D eigenvalue weighted by molar-refractivity contribution is 6.07. The number of urea groups is 1. The molecule has 3 heterocycles. The molecular weight excluding hydrogens is 311 g/mol. The van der Waals surface area contributed by atoms with Gasteiger partial charge in [-0.15, -0.1) is 0 Å². The Balaban J connectivity index is 1.74. The molecule has 8 heteroatoms. The Hall–Kier alpha value is -1.31. The van der Waals surface area contributed by atoms with Gasteiger partial charge in [0.15, 0.2) is 0 Å². The van der Waals surface area contributed by atoms with Gasteiger partial charge in [-0.05, 0) is 25.7 Å². The molecule has 0 aromatic rings. The van der Waals surface area contributed by atoms with Gasteiger partial charge in [-0.25, -0.2) is 4.79 Å². The number of halogens is 3. The van der Waals surface area contributed by atoms with Crippen LogP contribution in [0.3, 0.4) is 0 Å². The molecule has 2 atom stereocenters. The van der Waals surface area contributed by atoms with Crippen LogP contribution in [-0.2, 0) is 4.79 Å². The molecule has 0 N–H and O–H groups in total. The van der Waals surface area contributed by atoms with Gasteiger partial charge in [-0.1, -0.05) is 13.3 Å². The first-order valence-electron chi connectivity index (χ1n) is 8.23. The third kappa shape index (κ3) is 2.70. The SMILES string of the molecule is CCC[C@]12CCCN1C(=O)N([C@@H]1CCN(CC(F)(F)F)C1)C2=O. The largest absolute Gasteiger partial charge is 0.401 e. The fourth-order valence-electron chi connectivity index (χ4n) is 4.34. The first kappa shape index (κ1) is 16.5. The Labute approximate surface area is 133 Å². The molecule has 3 aliphatic rings. The van der Waals surface area contributed by atoms with Crippen LogP contribution in [0.2, 0.25) is 0 Å². The van der Waals surface area contributed by atoms with Crippen molar-refractivity contribution in [3.63, 3.8) is 0 Å². The van der Waals surface area contributed by atoms with Crippen LogP contribution in [-0.4, -0.2) is 70.6 Å². The lowest BCUT2D eigenvalue weighted by molar-refractivity contribution is -0.144. The first-order chi connectivity index (χ1) is 10.8. The van der Waals surface area contributed by atoms with E-state index in [-0.39, 0.29) is 25.0 Å². The first-order valence-corrected chi connectivity index (χ1v) is 8.23. The van der Waals surface area contributed by atoms with Gasteiger partial charge in [0, 0.05) is 19.6 Å². The minimum absolute atomic E-state index is 0.118. The summed E-state index contributed by atoms with van der Waals surface area (Å²) in [6.45, 7) is 1.95. The molecule has 23 heavy (non-hydrogen) atoms. The third-order valence-electron chi connectivity index (χ3n) is 5.22. The zero-order valence-electron chi connectivity index (χ0n) is 13.2. The van der Waals surface area contributed by atoms with Crippen LogP contribution in [0.5, 0.6) is 0 Å². The molecule has 3 amide bonds. The lowest BCUT2D eigenvalue weighted by Crippen LogP contribution is -2.47. The van der Waals surface area contributed by atoms with Gasteiger partial charge in [0.25, 0.3) is 5.91 Å². The van der Waals surface area contributed by atoms with E-state index in [9.17, 15) is 22.8 Å². The molecule has 0 radical (unpaired) electrons. The Kier molecular flexibility index (Phi) is 4.06. The molecule has 0 spiro atoms. The second-order valence-corrected chi connectivity index (χ2v) is 6.79. The standard InChI is InChI=1S/C15H22F3N3O2/c1-2-5-14-6-3-7-20(14)13(23)21(12(14)22)11-4-8-19(9-11)10-15(16,17)18/h11H,2-10H2,1H3/t11-,14-/m1/s1. The number of hydrogen-bond donors (Lipinski definition) is 0. The van der Waals surface area contributed by atoms with Gasteiger partial charge in [0.1, 0.15) is 5.54 Å². The molecule has 0 aromatic carbocycles. The lowest BCUT2D eigenvalue weighted by atomic mass is 9.90. The summed E-state index contributed by atoms with van der Waals surface area (Å²) in [5.41, 5.74) is -0.733. The zero-order chi connectivity index (χ0) is 16.8. The van der Waals surface area contributed by atoms with E-state index in [2.05, 4.69) is 0 Å². The van der Waals surface area contributed by atoms with E-state index < -0.39 is 24.3 Å². The summed E-state index contributed by atoms with van der Waals surface area (Å²) in [5.74, 6) is -0.194. The van der Waals surface area contributed by atoms with Gasteiger partial charge in [-0.3, -0.25) is 14.6 Å². The molecule has 130 valence electrons. The molecule has 0 bridgehead atoms. The fraction of sp³-hybridized carbons (Fsp3) is 0.867. The van der Waals surface area contributed by atoms with Crippen LogP contribution in [0.4, 0.5) is 18.0 Å². The van der Waals surface area contributed by atoms with Crippen molar-refractivity contribution < 1.29 is 22.8 Å². The number of nitrogens with zero attached hydrogens (tertiary/aromatic N) is 3. The van der Waals surface area contributed by atoms with Gasteiger partial charge in [0.05, 0.1) is 12.6 Å². The molecule has 3 fully saturated rings. The number of imide groups is 1. The summed E-state index contributed by atoms with van der Waals surface area (Å²) >= 11 is 0. The normalized spacial score (nSPS) is 32.3. The van der Waals surface area contributed by atoms with Gasteiger partial charge in [-0.2, -0.15) is 13.2 Å². The minimum Gasteiger partial charge on any atom is -0.310 e. The van der Waals surface area contributed by atoms with Crippen molar-refractivity contribution in [1.82, 2.24) is 14.7 Å². The third-order valence-corrected chi connectivity index (χ3v) is 5.22. The lowest BCUT2D eigenvalue weighted by Gasteiger charge is -2.28. The van der Waals surface area contributed by atoms with Crippen molar-refractivity contribution in [2.75, 3.05) is 26.2 Å². The molecular formula is C15H22F3N3O2. The highest BCUT2D eigenvalue weighted by atomic mass is 19.4. The van der Waals surface area contributed by atoms with Crippen molar-refractivity contribution in [2.24, 2.45) is 0 Å². The summed E-state index contributed by atoms with van der Waals surface area (Å²) in [7, 11) is 0. The zero-order valence-corrected chi connectivity index (χ0v) is 13.2. The second-order valence-electron chi connectivity index (χ2n) is 6.79. The van der Waals surface area contributed by atoms with Gasteiger partial charge < -0.3 is 4.90 Å². The number of rotatable bonds is 4. The molecule has 3 rings (SSSR count). The van der Waals surface area contributed by atoms with Crippen molar-refractivity contribution in [3.05, 3.63) is 0 Å². The molecule has 3 saturated heterocycles. The second kappa shape index (κ2) is 5.65. The molecule has 0 unspecified atom stereocenters. The predicted molar refractivity (Wildman–Crippen MR) is 76.7 cm³/mol. The maximum atomic E-state index is 12.9. The van der Waals surface area contributed by atoms with Crippen LogP contribution in [0.15, 0.2) is 0 Å². The molecule has 0 aliphatic carbocycles. The van der Waals surface area contributed by atoms with Crippen LogP contribution in [0.25, 0.3) is 0 Å². The average molecular weight is 333 g/mol. The fourth-order valence-corrected chi connectivity index (χ4v) is 4.34. The quantitative estimate of drug-likeness (QED) is 0.741. The minimum atomic E-state index is -4.25. The maximum Gasteiger partial charge on any atom is 0.401 e. The molecule has 0 aromatic heterocycles. The van der Waals surface area contributed by atoms with E-state index in [1.165, 1.54) is 9.80 Å². The summed E-state index contributed by atoms with van der Waals surface area (Å²) in [5, 5.41) is 0. The van der Waals surface area contributed by atoms with E-state index in [0.717, 1.165) is 12.8 Å². The van der Waals surface area contributed by atoms with E-state index in [4.69, 9.17) is 0 Å². The Bertz CT molecular complexity index is 511. The molecule has 3 aliphatic heterocycles. The number of amides is 3. The number of likely N-dealkylation sites (tertiary alicyclic amines) is 1. The smallest absolute Gasteiger partial charge is 0.310 e.